The molecule has 0 radical (unpaired) electrons. The van der Waals surface area contributed by atoms with E-state index in [0.717, 1.165) is 37.4 Å². The molecule has 0 aromatic heterocycles. The summed E-state index contributed by atoms with van der Waals surface area (Å²) in [6.45, 7) is 5.86. The number of amides is 1. The normalized spacial score (nSPS) is 33.7. The van der Waals surface area contributed by atoms with Crippen molar-refractivity contribution >= 4 is 5.91 Å². The molecule has 0 bridgehead atoms. The van der Waals surface area contributed by atoms with Crippen LogP contribution in [0.4, 0.5) is 0 Å². The van der Waals surface area contributed by atoms with Gasteiger partial charge in [0.25, 0.3) is 0 Å². The highest BCUT2D eigenvalue weighted by atomic mass is 16.2. The average molecular weight is 288 g/mol. The molecule has 0 unspecified atom stereocenters. The molecule has 0 aromatic rings. The minimum atomic E-state index is 0.351. The third-order valence-electron chi connectivity index (χ3n) is 5.99. The monoisotopic (exact) mass is 288 g/mol. The van der Waals surface area contributed by atoms with E-state index < -0.39 is 0 Å². The smallest absolute Gasteiger partial charge is 0.249 e. The van der Waals surface area contributed by atoms with E-state index in [1.165, 1.54) is 58.2 Å². The lowest BCUT2D eigenvalue weighted by Crippen LogP contribution is -2.46. The Balaban J connectivity index is 1.38. The van der Waals surface area contributed by atoms with Gasteiger partial charge in [-0.25, -0.2) is 0 Å². The van der Waals surface area contributed by atoms with Crippen molar-refractivity contribution in [2.75, 3.05) is 32.7 Å². The largest absolute Gasteiger partial charge is 0.338 e. The first-order chi connectivity index (χ1) is 10.2. The second-order valence-electron chi connectivity index (χ2n) is 7.88. The SMILES string of the molecule is O=C(C1=CCCC1)N1CC[C@@]2(CCCN(CC3CC3)C2)C1. The van der Waals surface area contributed by atoms with Gasteiger partial charge in [0.2, 0.25) is 5.91 Å². The summed E-state index contributed by atoms with van der Waals surface area (Å²) in [6, 6.07) is 0. The second kappa shape index (κ2) is 5.42. The Hall–Kier alpha value is -0.830. The minimum Gasteiger partial charge on any atom is -0.338 e. The molecule has 116 valence electrons. The molecule has 0 N–H and O–H groups in total. The van der Waals surface area contributed by atoms with Crippen molar-refractivity contribution in [2.45, 2.75) is 51.4 Å². The topological polar surface area (TPSA) is 23.6 Å². The van der Waals surface area contributed by atoms with E-state index in [0.29, 0.717) is 11.3 Å². The number of nitrogens with zero attached hydrogens (tertiary/aromatic N) is 2. The van der Waals surface area contributed by atoms with Gasteiger partial charge in [0.15, 0.2) is 0 Å². The van der Waals surface area contributed by atoms with Crippen LogP contribution in [0.15, 0.2) is 11.6 Å². The zero-order chi connectivity index (χ0) is 14.3. The predicted octanol–water partition coefficient (Wildman–Crippen LogP) is 2.82. The van der Waals surface area contributed by atoms with Gasteiger partial charge < -0.3 is 9.80 Å². The first-order valence-electron chi connectivity index (χ1n) is 8.95. The van der Waals surface area contributed by atoms with E-state index in [9.17, 15) is 4.79 Å². The van der Waals surface area contributed by atoms with Gasteiger partial charge in [-0.15, -0.1) is 0 Å². The number of hydrogen-bond donors (Lipinski definition) is 0. The summed E-state index contributed by atoms with van der Waals surface area (Å²) >= 11 is 0. The van der Waals surface area contributed by atoms with Crippen LogP contribution in [0.5, 0.6) is 0 Å². The van der Waals surface area contributed by atoms with E-state index in [1.54, 1.807) is 0 Å². The molecule has 4 rings (SSSR count). The number of hydrogen-bond acceptors (Lipinski definition) is 2. The molecule has 4 aliphatic rings. The summed E-state index contributed by atoms with van der Waals surface area (Å²) in [6.07, 6.45) is 12.3. The summed E-state index contributed by atoms with van der Waals surface area (Å²) in [4.78, 5) is 17.4. The Labute approximate surface area is 128 Å². The lowest BCUT2D eigenvalue weighted by Gasteiger charge is -2.40. The fourth-order valence-electron chi connectivity index (χ4n) is 4.64. The maximum atomic E-state index is 12.6. The third kappa shape index (κ3) is 2.90. The molecule has 21 heavy (non-hydrogen) atoms. The van der Waals surface area contributed by atoms with Gasteiger partial charge in [-0.05, 0) is 63.8 Å². The Morgan fingerprint density at radius 3 is 2.86 bits per heavy atom. The number of carbonyl (C=O) groups is 1. The summed E-state index contributed by atoms with van der Waals surface area (Å²) in [7, 11) is 0. The van der Waals surface area contributed by atoms with Gasteiger partial charge in [0.05, 0.1) is 0 Å². The van der Waals surface area contributed by atoms with Gasteiger partial charge in [0, 0.05) is 37.2 Å². The first-order valence-corrected chi connectivity index (χ1v) is 8.95. The molecule has 1 atom stereocenters. The molecule has 2 heterocycles. The van der Waals surface area contributed by atoms with Gasteiger partial charge in [-0.3, -0.25) is 4.79 Å². The molecule has 1 spiro atoms. The number of likely N-dealkylation sites (tertiary alicyclic amines) is 2. The predicted molar refractivity (Wildman–Crippen MR) is 84.0 cm³/mol. The van der Waals surface area contributed by atoms with E-state index in [-0.39, 0.29) is 0 Å². The summed E-state index contributed by atoms with van der Waals surface area (Å²) in [5.41, 5.74) is 1.51. The molecule has 2 aliphatic heterocycles. The Bertz CT molecular complexity index is 454. The van der Waals surface area contributed by atoms with Gasteiger partial charge in [0.1, 0.15) is 0 Å². The maximum Gasteiger partial charge on any atom is 0.249 e. The van der Waals surface area contributed by atoms with Gasteiger partial charge >= 0.3 is 0 Å². The molecule has 3 nitrogen and oxygen atoms in total. The number of rotatable bonds is 3. The van der Waals surface area contributed by atoms with Crippen LogP contribution in [-0.2, 0) is 4.79 Å². The van der Waals surface area contributed by atoms with Crippen LogP contribution in [0.3, 0.4) is 0 Å². The first kappa shape index (κ1) is 13.8. The molecular weight excluding hydrogens is 260 g/mol. The van der Waals surface area contributed by atoms with Crippen LogP contribution in [0.2, 0.25) is 0 Å². The second-order valence-corrected chi connectivity index (χ2v) is 7.88. The van der Waals surface area contributed by atoms with E-state index >= 15 is 0 Å². The van der Waals surface area contributed by atoms with Crippen molar-refractivity contribution in [1.82, 2.24) is 9.80 Å². The molecule has 3 heteroatoms. The van der Waals surface area contributed by atoms with Crippen molar-refractivity contribution in [3.05, 3.63) is 11.6 Å². The van der Waals surface area contributed by atoms with E-state index in [4.69, 9.17) is 0 Å². The lowest BCUT2D eigenvalue weighted by atomic mass is 9.79. The van der Waals surface area contributed by atoms with Crippen molar-refractivity contribution in [1.29, 1.82) is 0 Å². The van der Waals surface area contributed by atoms with Crippen molar-refractivity contribution in [2.24, 2.45) is 11.3 Å². The quantitative estimate of drug-likeness (QED) is 0.797. The Morgan fingerprint density at radius 1 is 1.19 bits per heavy atom. The zero-order valence-electron chi connectivity index (χ0n) is 13.1. The Morgan fingerprint density at radius 2 is 2.10 bits per heavy atom. The van der Waals surface area contributed by atoms with Gasteiger partial charge in [-0.1, -0.05) is 6.08 Å². The van der Waals surface area contributed by atoms with Crippen LogP contribution in [0.25, 0.3) is 0 Å². The van der Waals surface area contributed by atoms with E-state index in [1.807, 2.05) is 0 Å². The van der Waals surface area contributed by atoms with Crippen molar-refractivity contribution in [3.8, 4) is 0 Å². The summed E-state index contributed by atoms with van der Waals surface area (Å²) < 4.78 is 0. The maximum absolute atomic E-state index is 12.6. The fourth-order valence-corrected chi connectivity index (χ4v) is 4.64. The van der Waals surface area contributed by atoms with Crippen LogP contribution in [0.1, 0.15) is 51.4 Å². The molecule has 2 saturated heterocycles. The lowest BCUT2D eigenvalue weighted by molar-refractivity contribution is -0.126. The van der Waals surface area contributed by atoms with E-state index in [2.05, 4.69) is 15.9 Å². The highest BCUT2D eigenvalue weighted by Gasteiger charge is 2.43. The molecule has 0 aromatic carbocycles. The average Bonchev–Trinajstić information content (AvgIpc) is 3.00. The minimum absolute atomic E-state index is 0.351. The highest BCUT2D eigenvalue weighted by Crippen LogP contribution is 2.41. The number of piperidine rings is 1. The van der Waals surface area contributed by atoms with Crippen LogP contribution < -0.4 is 0 Å². The van der Waals surface area contributed by atoms with Crippen LogP contribution in [-0.4, -0.2) is 48.4 Å². The molecule has 1 amide bonds. The van der Waals surface area contributed by atoms with Crippen molar-refractivity contribution < 1.29 is 4.79 Å². The molecular formula is C18H28N2O. The number of carbonyl (C=O) groups excluding carboxylic acids is 1. The molecule has 1 saturated carbocycles. The highest BCUT2D eigenvalue weighted by molar-refractivity contribution is 5.94. The van der Waals surface area contributed by atoms with Gasteiger partial charge in [-0.2, -0.15) is 0 Å². The standard InChI is InChI=1S/C18H28N2O/c21-17(16-4-1-2-5-16)20-11-9-18(14-20)8-3-10-19(13-18)12-15-6-7-15/h4,15H,1-3,5-14H2/t18-/m1/s1. The zero-order valence-corrected chi connectivity index (χ0v) is 13.1. The molecule has 2 aliphatic carbocycles. The summed E-state index contributed by atoms with van der Waals surface area (Å²) in [5.74, 6) is 1.34. The molecule has 3 fully saturated rings. The van der Waals surface area contributed by atoms with Crippen LogP contribution in [0, 0.1) is 11.3 Å². The fraction of sp³-hybridized carbons (Fsp3) is 0.833. The van der Waals surface area contributed by atoms with Crippen molar-refractivity contribution in [3.63, 3.8) is 0 Å². The van der Waals surface area contributed by atoms with Crippen LogP contribution >= 0.6 is 0 Å². The Kier molecular flexibility index (Phi) is 3.56. The summed E-state index contributed by atoms with van der Waals surface area (Å²) in [5, 5.41) is 0. The third-order valence-corrected chi connectivity index (χ3v) is 5.99. The number of allylic oxidation sites excluding steroid dienone is 1.